The molecule has 0 aromatic heterocycles. The Balaban J connectivity index is 3.21. The van der Waals surface area contributed by atoms with Crippen LogP contribution in [0.25, 0.3) is 0 Å². The van der Waals surface area contributed by atoms with Crippen LogP contribution in [0.4, 0.5) is 14.5 Å². The van der Waals surface area contributed by atoms with Crippen molar-refractivity contribution in [3.05, 3.63) is 33.9 Å². The minimum absolute atomic E-state index is 0.145. The molecule has 1 aromatic carbocycles. The molecule has 5 nitrogen and oxygen atoms in total. The number of carbonyl (C=O) groups is 1. The van der Waals surface area contributed by atoms with Gasteiger partial charge in [-0.25, -0.2) is 0 Å². The highest BCUT2D eigenvalue weighted by atomic mass is 79.9. The Labute approximate surface area is 103 Å². The number of rotatable bonds is 5. The summed E-state index contributed by atoms with van der Waals surface area (Å²) < 4.78 is 28.2. The van der Waals surface area contributed by atoms with Crippen LogP contribution in [-0.4, -0.2) is 22.6 Å². The number of ketones is 1. The highest BCUT2D eigenvalue weighted by Crippen LogP contribution is 2.26. The van der Waals surface area contributed by atoms with E-state index in [4.69, 9.17) is 0 Å². The molecule has 17 heavy (non-hydrogen) atoms. The summed E-state index contributed by atoms with van der Waals surface area (Å²) in [6.07, 6.45) is 0. The predicted molar refractivity (Wildman–Crippen MR) is 57.9 cm³/mol. The summed E-state index contributed by atoms with van der Waals surface area (Å²) in [6, 6.07) is 2.87. The molecule has 0 saturated carbocycles. The molecule has 0 N–H and O–H groups in total. The molecular weight excluding hydrogens is 304 g/mol. The summed E-state index contributed by atoms with van der Waals surface area (Å²) in [4.78, 5) is 21.2. The SMILES string of the molecule is O=C(CBr)c1cc([N+](=O)[O-])ccc1OC(F)F. The first kappa shape index (κ1) is 13.5. The highest BCUT2D eigenvalue weighted by molar-refractivity contribution is 9.09. The van der Waals surface area contributed by atoms with Crippen LogP contribution in [0.5, 0.6) is 5.75 Å². The maximum absolute atomic E-state index is 12.0. The molecule has 0 unspecified atom stereocenters. The maximum atomic E-state index is 12.0. The first-order chi connectivity index (χ1) is 7.95. The quantitative estimate of drug-likeness (QED) is 0.363. The molecule has 92 valence electrons. The number of alkyl halides is 3. The van der Waals surface area contributed by atoms with Gasteiger partial charge in [0.2, 0.25) is 0 Å². The number of halogens is 3. The third kappa shape index (κ3) is 3.45. The Kier molecular flexibility index (Phi) is 4.50. The third-order valence-corrected chi connectivity index (χ3v) is 2.32. The highest BCUT2D eigenvalue weighted by Gasteiger charge is 2.19. The van der Waals surface area contributed by atoms with Crippen LogP contribution in [0.15, 0.2) is 18.2 Å². The van der Waals surface area contributed by atoms with Gasteiger partial charge in [-0.2, -0.15) is 8.78 Å². The van der Waals surface area contributed by atoms with Crippen LogP contribution in [0, 0.1) is 10.1 Å². The van der Waals surface area contributed by atoms with Crippen molar-refractivity contribution in [3.63, 3.8) is 0 Å². The van der Waals surface area contributed by atoms with Gasteiger partial charge in [0.1, 0.15) is 5.75 Å². The van der Waals surface area contributed by atoms with Gasteiger partial charge >= 0.3 is 6.61 Å². The number of benzene rings is 1. The van der Waals surface area contributed by atoms with Crippen molar-refractivity contribution in [1.29, 1.82) is 0 Å². The van der Waals surface area contributed by atoms with E-state index >= 15 is 0 Å². The van der Waals surface area contributed by atoms with Gasteiger partial charge in [0.15, 0.2) is 5.78 Å². The number of ether oxygens (including phenoxy) is 1. The van der Waals surface area contributed by atoms with Crippen molar-refractivity contribution in [3.8, 4) is 5.75 Å². The van der Waals surface area contributed by atoms with Gasteiger partial charge in [0, 0.05) is 12.1 Å². The van der Waals surface area contributed by atoms with Crippen molar-refractivity contribution in [2.45, 2.75) is 6.61 Å². The number of non-ortho nitro benzene ring substituents is 1. The lowest BCUT2D eigenvalue weighted by molar-refractivity contribution is -0.384. The van der Waals surface area contributed by atoms with E-state index in [1.54, 1.807) is 0 Å². The second-order valence-corrected chi connectivity index (χ2v) is 3.43. The van der Waals surface area contributed by atoms with Crippen molar-refractivity contribution < 1.29 is 23.2 Å². The lowest BCUT2D eigenvalue weighted by atomic mass is 10.1. The van der Waals surface area contributed by atoms with Gasteiger partial charge in [-0.1, -0.05) is 15.9 Å². The van der Waals surface area contributed by atoms with E-state index in [1.807, 2.05) is 0 Å². The Hall–Kier alpha value is -1.57. The van der Waals surface area contributed by atoms with E-state index in [0.717, 1.165) is 18.2 Å². The number of carbonyl (C=O) groups excluding carboxylic acids is 1. The molecule has 8 heteroatoms. The molecule has 0 heterocycles. The molecule has 0 saturated heterocycles. The molecule has 0 atom stereocenters. The van der Waals surface area contributed by atoms with E-state index in [2.05, 4.69) is 20.7 Å². The van der Waals surface area contributed by atoms with Crippen LogP contribution in [-0.2, 0) is 0 Å². The molecule has 0 radical (unpaired) electrons. The smallest absolute Gasteiger partial charge is 0.387 e. The molecular formula is C9H6BrF2NO4. The van der Waals surface area contributed by atoms with Crippen molar-refractivity contribution in [2.24, 2.45) is 0 Å². The summed E-state index contributed by atoms with van der Waals surface area (Å²) in [7, 11) is 0. The van der Waals surface area contributed by atoms with Crippen molar-refractivity contribution in [2.75, 3.05) is 5.33 Å². The lowest BCUT2D eigenvalue weighted by Crippen LogP contribution is -2.09. The van der Waals surface area contributed by atoms with Gasteiger partial charge in [-0.15, -0.1) is 0 Å². The van der Waals surface area contributed by atoms with Gasteiger partial charge < -0.3 is 4.74 Å². The Bertz CT molecular complexity index is 453. The average molecular weight is 310 g/mol. The zero-order valence-electron chi connectivity index (χ0n) is 8.23. The number of Topliss-reactive ketones (excluding diaryl/α,β-unsaturated/α-hetero) is 1. The van der Waals surface area contributed by atoms with E-state index < -0.39 is 17.3 Å². The molecule has 0 amide bonds. The summed E-state index contributed by atoms with van der Waals surface area (Å²) >= 11 is 2.85. The van der Waals surface area contributed by atoms with Gasteiger partial charge in [0.05, 0.1) is 15.8 Å². The summed E-state index contributed by atoms with van der Waals surface area (Å²) in [5.41, 5.74) is -0.618. The van der Waals surface area contributed by atoms with Crippen LogP contribution in [0.3, 0.4) is 0 Å². The maximum Gasteiger partial charge on any atom is 0.387 e. The summed E-state index contributed by atoms with van der Waals surface area (Å²) in [5.74, 6) is -0.959. The Morgan fingerprint density at radius 3 is 2.65 bits per heavy atom. The number of hydrogen-bond acceptors (Lipinski definition) is 4. The van der Waals surface area contributed by atoms with Crippen LogP contribution in [0.2, 0.25) is 0 Å². The molecule has 0 bridgehead atoms. The van der Waals surface area contributed by atoms with Crippen molar-refractivity contribution in [1.82, 2.24) is 0 Å². The van der Waals surface area contributed by atoms with Gasteiger partial charge in [-0.05, 0) is 6.07 Å². The minimum Gasteiger partial charge on any atom is -0.434 e. The first-order valence-electron chi connectivity index (χ1n) is 4.28. The monoisotopic (exact) mass is 309 g/mol. The molecule has 0 aliphatic carbocycles. The molecule has 1 aromatic rings. The topological polar surface area (TPSA) is 69.4 Å². The largest absolute Gasteiger partial charge is 0.434 e. The summed E-state index contributed by atoms with van der Waals surface area (Å²) in [5, 5.41) is 10.3. The Morgan fingerprint density at radius 1 is 1.53 bits per heavy atom. The number of nitro groups is 1. The minimum atomic E-state index is -3.10. The number of nitro benzene ring substituents is 1. The predicted octanol–water partition coefficient (Wildman–Crippen LogP) is 2.77. The molecule has 0 aliphatic rings. The van der Waals surface area contributed by atoms with Gasteiger partial charge in [0.25, 0.3) is 5.69 Å². The molecule has 0 fully saturated rings. The fourth-order valence-corrected chi connectivity index (χ4v) is 1.42. The number of hydrogen-bond donors (Lipinski definition) is 0. The number of nitrogens with zero attached hydrogens (tertiary/aromatic N) is 1. The van der Waals surface area contributed by atoms with Gasteiger partial charge in [-0.3, -0.25) is 14.9 Å². The van der Waals surface area contributed by atoms with Crippen LogP contribution < -0.4 is 4.74 Å². The van der Waals surface area contributed by atoms with Crippen LogP contribution in [0.1, 0.15) is 10.4 Å². The molecule has 0 spiro atoms. The fraction of sp³-hybridized carbons (Fsp3) is 0.222. The van der Waals surface area contributed by atoms with E-state index in [0.29, 0.717) is 0 Å². The van der Waals surface area contributed by atoms with Crippen molar-refractivity contribution >= 4 is 27.4 Å². The van der Waals surface area contributed by atoms with E-state index in [-0.39, 0.29) is 22.3 Å². The second kappa shape index (κ2) is 5.67. The molecule has 0 aliphatic heterocycles. The standard InChI is InChI=1S/C9H6BrF2NO4/c10-4-7(14)6-3-5(13(15)16)1-2-8(6)17-9(11)12/h1-3,9H,4H2. The average Bonchev–Trinajstić information content (AvgIpc) is 2.27. The Morgan fingerprint density at radius 2 is 2.18 bits per heavy atom. The lowest BCUT2D eigenvalue weighted by Gasteiger charge is -2.08. The first-order valence-corrected chi connectivity index (χ1v) is 5.40. The molecule has 1 rings (SSSR count). The van der Waals surface area contributed by atoms with E-state index in [9.17, 15) is 23.7 Å². The van der Waals surface area contributed by atoms with E-state index in [1.165, 1.54) is 0 Å². The fourth-order valence-electron chi connectivity index (χ4n) is 1.12. The normalized spacial score (nSPS) is 10.4. The third-order valence-electron chi connectivity index (χ3n) is 1.81. The zero-order valence-corrected chi connectivity index (χ0v) is 9.82. The van der Waals surface area contributed by atoms with Crippen LogP contribution >= 0.6 is 15.9 Å². The summed E-state index contributed by atoms with van der Waals surface area (Å²) in [6.45, 7) is -3.10. The second-order valence-electron chi connectivity index (χ2n) is 2.87. The zero-order chi connectivity index (χ0) is 13.0.